The maximum Gasteiger partial charge on any atom is 0.522 e. The molecule has 2 aromatic heterocycles. The number of alkyl halides is 3. The summed E-state index contributed by atoms with van der Waals surface area (Å²) >= 11 is 7.17. The van der Waals surface area contributed by atoms with Crippen LogP contribution in [0.5, 0.6) is 5.75 Å². The summed E-state index contributed by atoms with van der Waals surface area (Å²) in [4.78, 5) is 39.3. The largest absolute Gasteiger partial charge is 0.522 e. The van der Waals surface area contributed by atoms with Crippen LogP contribution in [0.1, 0.15) is 25.3 Å². The van der Waals surface area contributed by atoms with Crippen LogP contribution in [0.3, 0.4) is 0 Å². The topological polar surface area (TPSA) is 91.6 Å². The van der Waals surface area contributed by atoms with Gasteiger partial charge in [0.2, 0.25) is 5.91 Å². The highest BCUT2D eigenvalue weighted by Gasteiger charge is 2.30. The molecule has 1 unspecified atom stereocenters. The van der Waals surface area contributed by atoms with Crippen LogP contribution in [0.25, 0.3) is 20.7 Å². The number of carbonyl (C=O) groups is 1. The predicted octanol–water partition coefficient (Wildman–Crippen LogP) is 4.07. The number of carbonyl (C=O) groups excluding carboxylic acids is 1. The van der Waals surface area contributed by atoms with Gasteiger partial charge in [0.25, 0.3) is 5.56 Å². The lowest BCUT2D eigenvalue weighted by atomic mass is 10.1. The molecule has 8 nitrogen and oxygen atoms in total. The van der Waals surface area contributed by atoms with Gasteiger partial charge in [0, 0.05) is 23.4 Å². The van der Waals surface area contributed by atoms with Crippen LogP contribution in [0.2, 0.25) is 5.02 Å². The molecule has 3 aromatic rings. The maximum absolute atomic E-state index is 14.0. The molecule has 36 heavy (non-hydrogen) atoms. The van der Waals surface area contributed by atoms with Crippen LogP contribution in [0, 0.1) is 5.82 Å². The van der Waals surface area contributed by atoms with Crippen molar-refractivity contribution in [3.05, 3.63) is 49.9 Å². The zero-order valence-electron chi connectivity index (χ0n) is 18.8. The summed E-state index contributed by atoms with van der Waals surface area (Å²) in [5.41, 5.74) is -1.15. The third-order valence-electron chi connectivity index (χ3n) is 5.76. The fourth-order valence-corrected chi connectivity index (χ4v) is 5.57. The first kappa shape index (κ1) is 26.2. The monoisotopic (exact) mass is 549 g/mol. The van der Waals surface area contributed by atoms with Gasteiger partial charge in [0.1, 0.15) is 4.70 Å². The molecule has 0 radical (unpaired) electrons. The molecule has 0 spiro atoms. The molecule has 1 N–H and O–H groups in total. The van der Waals surface area contributed by atoms with Crippen molar-refractivity contribution in [2.24, 2.45) is 0 Å². The van der Waals surface area contributed by atoms with Crippen molar-refractivity contribution in [2.45, 2.75) is 38.2 Å². The van der Waals surface area contributed by atoms with Gasteiger partial charge in [-0.05, 0) is 31.0 Å². The third kappa shape index (κ3) is 5.27. The SMILES string of the molecule is COc1cc(-c2cc3c(s2)c(=O)n(C2CCCNC(=O)C2)c(=O)n3CCOC(F)(F)F)c(Cl)cc1F. The number of rotatable bonds is 6. The summed E-state index contributed by atoms with van der Waals surface area (Å²) in [6, 6.07) is 3.02. The van der Waals surface area contributed by atoms with Gasteiger partial charge in [0.05, 0.1) is 36.8 Å². The first-order valence-electron chi connectivity index (χ1n) is 10.8. The number of hydrogen-bond acceptors (Lipinski definition) is 6. The number of amides is 1. The van der Waals surface area contributed by atoms with E-state index < -0.39 is 42.6 Å². The van der Waals surface area contributed by atoms with Crippen molar-refractivity contribution in [2.75, 3.05) is 20.3 Å². The molecule has 1 saturated heterocycles. The second-order valence-corrected chi connectivity index (χ2v) is 9.50. The third-order valence-corrected chi connectivity index (χ3v) is 7.22. The molecule has 1 amide bonds. The van der Waals surface area contributed by atoms with E-state index in [1.165, 1.54) is 19.2 Å². The normalized spacial score (nSPS) is 16.7. The van der Waals surface area contributed by atoms with E-state index in [1.807, 2.05) is 0 Å². The van der Waals surface area contributed by atoms with Gasteiger partial charge in [-0.1, -0.05) is 11.6 Å². The van der Waals surface area contributed by atoms with Gasteiger partial charge in [-0.15, -0.1) is 24.5 Å². The van der Waals surface area contributed by atoms with Gasteiger partial charge in [-0.2, -0.15) is 0 Å². The highest BCUT2D eigenvalue weighted by Crippen LogP contribution is 2.39. The van der Waals surface area contributed by atoms with Crippen molar-refractivity contribution in [3.63, 3.8) is 0 Å². The first-order chi connectivity index (χ1) is 17.0. The van der Waals surface area contributed by atoms with Crippen LogP contribution in [0.4, 0.5) is 17.6 Å². The van der Waals surface area contributed by atoms with Crippen molar-refractivity contribution in [3.8, 4) is 16.2 Å². The Kier molecular flexibility index (Phi) is 7.43. The number of halogens is 5. The van der Waals surface area contributed by atoms with E-state index in [-0.39, 0.29) is 33.3 Å². The average Bonchev–Trinajstić information content (AvgIpc) is 3.12. The Bertz CT molecular complexity index is 1430. The molecule has 194 valence electrons. The van der Waals surface area contributed by atoms with E-state index in [9.17, 15) is 31.9 Å². The molecule has 14 heteroatoms. The van der Waals surface area contributed by atoms with Crippen molar-refractivity contribution >= 4 is 39.1 Å². The minimum absolute atomic E-state index is 0.00919. The molecule has 4 rings (SSSR count). The molecular formula is C22H20ClF4N3O5S. The molecular weight excluding hydrogens is 530 g/mol. The molecule has 3 heterocycles. The zero-order chi connectivity index (χ0) is 26.2. The molecule has 0 saturated carbocycles. The van der Waals surface area contributed by atoms with E-state index in [4.69, 9.17) is 16.3 Å². The number of ether oxygens (including phenoxy) is 2. The maximum atomic E-state index is 14.0. The number of benzene rings is 1. The minimum Gasteiger partial charge on any atom is -0.494 e. The van der Waals surface area contributed by atoms with Crippen LogP contribution < -0.4 is 21.3 Å². The summed E-state index contributed by atoms with van der Waals surface area (Å²) < 4.78 is 62.7. The quantitative estimate of drug-likeness (QED) is 0.468. The highest BCUT2D eigenvalue weighted by atomic mass is 35.5. The van der Waals surface area contributed by atoms with Gasteiger partial charge in [-0.3, -0.25) is 23.5 Å². The smallest absolute Gasteiger partial charge is 0.494 e. The van der Waals surface area contributed by atoms with Crippen LogP contribution >= 0.6 is 22.9 Å². The van der Waals surface area contributed by atoms with Gasteiger partial charge < -0.3 is 10.1 Å². The van der Waals surface area contributed by atoms with Crippen molar-refractivity contribution < 1.29 is 31.8 Å². The summed E-state index contributed by atoms with van der Waals surface area (Å²) in [5.74, 6) is -1.15. The zero-order valence-corrected chi connectivity index (χ0v) is 20.4. The second-order valence-electron chi connectivity index (χ2n) is 8.05. The standard InChI is InChI=1S/C22H20ClF4N3O5S/c1-34-16-8-12(13(23)9-14(16)24)17-10-15-19(36-17)20(32)30(11-3-2-4-28-18(31)7-11)21(33)29(15)5-6-35-22(25,26)27/h8-11H,2-7H2,1H3,(H,28,31). The van der Waals surface area contributed by atoms with Crippen molar-refractivity contribution in [1.29, 1.82) is 0 Å². The number of methoxy groups -OCH3 is 1. The van der Waals surface area contributed by atoms with Crippen LogP contribution in [-0.2, 0) is 16.1 Å². The summed E-state index contributed by atoms with van der Waals surface area (Å²) in [7, 11) is 1.26. The van der Waals surface area contributed by atoms with Crippen LogP contribution in [0.15, 0.2) is 27.8 Å². The second kappa shape index (κ2) is 10.2. The lowest BCUT2D eigenvalue weighted by Gasteiger charge is -2.18. The van der Waals surface area contributed by atoms with E-state index in [2.05, 4.69) is 10.1 Å². The Hall–Kier alpha value is -2.90. The van der Waals surface area contributed by atoms with E-state index in [0.29, 0.717) is 29.8 Å². The lowest BCUT2D eigenvalue weighted by Crippen LogP contribution is -2.43. The molecule has 1 aliphatic heterocycles. The predicted molar refractivity (Wildman–Crippen MR) is 125 cm³/mol. The molecule has 0 aliphatic carbocycles. The summed E-state index contributed by atoms with van der Waals surface area (Å²) in [5, 5.41) is 2.68. The van der Waals surface area contributed by atoms with E-state index in [0.717, 1.165) is 26.5 Å². The fraction of sp³-hybridized carbons (Fsp3) is 0.409. The Morgan fingerprint density at radius 3 is 2.67 bits per heavy atom. The summed E-state index contributed by atoms with van der Waals surface area (Å²) in [6.07, 6.45) is -4.18. The fourth-order valence-electron chi connectivity index (χ4n) is 4.14. The minimum atomic E-state index is -4.91. The van der Waals surface area contributed by atoms with E-state index >= 15 is 0 Å². The first-order valence-corrected chi connectivity index (χ1v) is 12.0. The molecule has 1 atom stereocenters. The average molecular weight is 550 g/mol. The van der Waals surface area contributed by atoms with Gasteiger partial charge >= 0.3 is 12.1 Å². The van der Waals surface area contributed by atoms with Crippen molar-refractivity contribution in [1.82, 2.24) is 14.5 Å². The van der Waals surface area contributed by atoms with Crippen LogP contribution in [-0.4, -0.2) is 41.7 Å². The number of nitrogens with zero attached hydrogens (tertiary/aromatic N) is 2. The lowest BCUT2D eigenvalue weighted by molar-refractivity contribution is -0.325. The van der Waals surface area contributed by atoms with Gasteiger partial charge in [0.15, 0.2) is 11.6 Å². The number of hydrogen-bond donors (Lipinski definition) is 1. The Labute approximate surface area is 210 Å². The molecule has 1 aromatic carbocycles. The number of fused-ring (bicyclic) bond motifs is 1. The number of thiophene rings is 1. The van der Waals surface area contributed by atoms with E-state index in [1.54, 1.807) is 0 Å². The molecule has 1 fully saturated rings. The number of nitrogens with one attached hydrogen (secondary N) is 1. The Morgan fingerprint density at radius 2 is 1.97 bits per heavy atom. The molecule has 0 bridgehead atoms. The summed E-state index contributed by atoms with van der Waals surface area (Å²) in [6.45, 7) is -1.00. The Morgan fingerprint density at radius 1 is 1.22 bits per heavy atom. The number of aromatic nitrogens is 2. The van der Waals surface area contributed by atoms with Gasteiger partial charge in [-0.25, -0.2) is 9.18 Å². The highest BCUT2D eigenvalue weighted by molar-refractivity contribution is 7.22. The Balaban J connectivity index is 1.91. The molecule has 1 aliphatic rings.